The molecule has 0 radical (unpaired) electrons. The Morgan fingerprint density at radius 2 is 1.70 bits per heavy atom. The Balaban J connectivity index is 2.19. The average Bonchev–Trinajstić information content (AvgIpc) is 2.98. The molecule has 0 fully saturated rings. The summed E-state index contributed by atoms with van der Waals surface area (Å²) in [5.41, 5.74) is 6.51. The second-order valence-corrected chi connectivity index (χ2v) is 11.5. The van der Waals surface area contributed by atoms with E-state index in [2.05, 4.69) is 4.90 Å². The number of fused-ring (bicyclic) bond motifs is 1. The third-order valence-electron chi connectivity index (χ3n) is 5.67. The first kappa shape index (κ1) is 22.8. The largest absolute Gasteiger partial charge is 0.368 e. The molecule has 9 heteroatoms. The van der Waals surface area contributed by atoms with Crippen molar-refractivity contribution < 1.29 is 22.3 Å². The van der Waals surface area contributed by atoms with Gasteiger partial charge < -0.3 is 10.6 Å². The van der Waals surface area contributed by atoms with Gasteiger partial charge in [0.15, 0.2) is 15.1 Å². The van der Waals surface area contributed by atoms with Crippen LogP contribution in [0.4, 0.5) is 0 Å². The van der Waals surface area contributed by atoms with Gasteiger partial charge in [0.25, 0.3) is 0 Å². The first-order valence-corrected chi connectivity index (χ1v) is 13.0. The number of benzene rings is 2. The van der Waals surface area contributed by atoms with Crippen LogP contribution >= 0.6 is 10.6 Å². The fraction of sp³-hybridized carbons (Fsp3) is 0.381. The van der Waals surface area contributed by atoms with Crippen LogP contribution in [0.3, 0.4) is 0 Å². The molecule has 1 aliphatic heterocycles. The number of carbonyl (C=O) groups is 1. The Morgan fingerprint density at radius 1 is 1.07 bits per heavy atom. The molecule has 0 saturated carbocycles. The molecule has 0 saturated heterocycles. The standard InChI is InChI=1S/C21H28N2O5S2/c1-3-23(4-2)14-13-15-9-8-12-17-18(15)19(20(21(22)24)30(17,27)28)29(25,26)16-10-6-5-7-11-16/h5-12,19-20,27-28H,3-4,13-14H2,1-2H3,(H2,22,24). The highest BCUT2D eigenvalue weighted by Crippen LogP contribution is 2.66. The number of nitrogens with two attached hydrogens (primary N) is 1. The van der Waals surface area contributed by atoms with Gasteiger partial charge in [-0.1, -0.05) is 44.2 Å². The van der Waals surface area contributed by atoms with E-state index in [1.54, 1.807) is 30.3 Å². The van der Waals surface area contributed by atoms with Gasteiger partial charge in [-0.3, -0.25) is 13.9 Å². The number of carbonyl (C=O) groups excluding carboxylic acids is 1. The normalized spacial score (nSPS) is 21.4. The summed E-state index contributed by atoms with van der Waals surface area (Å²) in [6.45, 7) is 6.46. The van der Waals surface area contributed by atoms with E-state index in [4.69, 9.17) is 5.73 Å². The van der Waals surface area contributed by atoms with Gasteiger partial charge in [0.05, 0.1) is 9.79 Å². The van der Waals surface area contributed by atoms with E-state index in [0.29, 0.717) is 24.1 Å². The zero-order valence-electron chi connectivity index (χ0n) is 17.1. The Bertz CT molecular complexity index is 1020. The Kier molecular flexibility index (Phi) is 6.59. The van der Waals surface area contributed by atoms with E-state index in [9.17, 15) is 22.3 Å². The highest BCUT2D eigenvalue weighted by atomic mass is 32.3. The first-order chi connectivity index (χ1) is 14.2. The highest BCUT2D eigenvalue weighted by Gasteiger charge is 2.55. The molecule has 0 bridgehead atoms. The summed E-state index contributed by atoms with van der Waals surface area (Å²) >= 11 is 0. The van der Waals surface area contributed by atoms with Crippen molar-refractivity contribution in [2.24, 2.45) is 5.73 Å². The van der Waals surface area contributed by atoms with Crippen LogP contribution in [0.25, 0.3) is 0 Å². The quantitative estimate of drug-likeness (QED) is 0.566. The lowest BCUT2D eigenvalue weighted by Gasteiger charge is -2.34. The monoisotopic (exact) mass is 452 g/mol. The number of rotatable bonds is 8. The molecule has 0 aliphatic carbocycles. The molecule has 2 aromatic carbocycles. The van der Waals surface area contributed by atoms with Crippen LogP contribution < -0.4 is 5.73 Å². The van der Waals surface area contributed by atoms with E-state index in [1.807, 2.05) is 13.8 Å². The van der Waals surface area contributed by atoms with Crippen LogP contribution in [-0.2, 0) is 21.1 Å². The van der Waals surface area contributed by atoms with E-state index in [-0.39, 0.29) is 9.79 Å². The van der Waals surface area contributed by atoms with Crippen LogP contribution in [0.1, 0.15) is 30.2 Å². The number of sulfone groups is 1. The molecule has 0 spiro atoms. The second kappa shape index (κ2) is 8.68. The van der Waals surface area contributed by atoms with Gasteiger partial charge in [-0.05, 0) is 48.8 Å². The second-order valence-electron chi connectivity index (χ2n) is 7.30. The Labute approximate surface area is 179 Å². The fourth-order valence-corrected chi connectivity index (χ4v) is 8.85. The summed E-state index contributed by atoms with van der Waals surface area (Å²) in [6.07, 6.45) is 0.521. The van der Waals surface area contributed by atoms with Crippen molar-refractivity contribution in [3.05, 3.63) is 59.7 Å². The lowest BCUT2D eigenvalue weighted by molar-refractivity contribution is -0.117. The number of hydrogen-bond donors (Lipinski definition) is 3. The van der Waals surface area contributed by atoms with Crippen LogP contribution in [-0.4, -0.2) is 53.2 Å². The van der Waals surface area contributed by atoms with E-state index < -0.39 is 36.8 Å². The molecule has 0 aromatic heterocycles. The van der Waals surface area contributed by atoms with Gasteiger partial charge in [0.2, 0.25) is 5.91 Å². The van der Waals surface area contributed by atoms with Gasteiger partial charge >= 0.3 is 0 Å². The topological polar surface area (TPSA) is 121 Å². The number of amides is 1. The van der Waals surface area contributed by atoms with Crippen LogP contribution in [0, 0.1) is 0 Å². The van der Waals surface area contributed by atoms with E-state index in [1.165, 1.54) is 18.2 Å². The molecule has 1 aliphatic rings. The molecule has 7 nitrogen and oxygen atoms in total. The van der Waals surface area contributed by atoms with E-state index >= 15 is 0 Å². The lowest BCUT2D eigenvalue weighted by Crippen LogP contribution is -2.37. The lowest BCUT2D eigenvalue weighted by atomic mass is 9.99. The maximum Gasteiger partial charge on any atom is 0.241 e. The minimum atomic E-state index is -4.10. The molecule has 2 atom stereocenters. The van der Waals surface area contributed by atoms with Crippen molar-refractivity contribution in [3.63, 3.8) is 0 Å². The molecular formula is C21H28N2O5S2. The zero-order chi connectivity index (χ0) is 22.1. The highest BCUT2D eigenvalue weighted by molar-refractivity contribution is 8.26. The molecular weight excluding hydrogens is 424 g/mol. The van der Waals surface area contributed by atoms with Crippen molar-refractivity contribution in [2.75, 3.05) is 19.6 Å². The summed E-state index contributed by atoms with van der Waals surface area (Å²) in [5, 5.41) is -3.07. The molecule has 1 heterocycles. The summed E-state index contributed by atoms with van der Waals surface area (Å²) in [7, 11) is -7.83. The van der Waals surface area contributed by atoms with Gasteiger partial charge in [0.1, 0.15) is 5.25 Å². The number of likely N-dealkylation sites (N-methyl/N-ethyl adjacent to an activating group) is 1. The summed E-state index contributed by atoms with van der Waals surface area (Å²) < 4.78 is 49.0. The summed E-state index contributed by atoms with van der Waals surface area (Å²) in [6, 6.07) is 12.7. The molecule has 164 valence electrons. The Morgan fingerprint density at radius 3 is 2.27 bits per heavy atom. The molecule has 1 amide bonds. The number of nitrogens with zero attached hydrogens (tertiary/aromatic N) is 1. The van der Waals surface area contributed by atoms with Crippen LogP contribution in [0.2, 0.25) is 0 Å². The molecule has 30 heavy (non-hydrogen) atoms. The summed E-state index contributed by atoms with van der Waals surface area (Å²) in [4.78, 5) is 14.6. The third kappa shape index (κ3) is 3.88. The predicted octanol–water partition coefficient (Wildman–Crippen LogP) is 3.06. The predicted molar refractivity (Wildman–Crippen MR) is 118 cm³/mol. The van der Waals surface area contributed by atoms with Crippen molar-refractivity contribution >= 4 is 26.3 Å². The SMILES string of the molecule is CCN(CC)CCc1cccc2c1C(S(=O)(=O)c1ccccc1)C(C(N)=O)S2(O)O. The fourth-order valence-electron chi connectivity index (χ4n) is 4.06. The van der Waals surface area contributed by atoms with Crippen molar-refractivity contribution in [1.82, 2.24) is 4.90 Å². The van der Waals surface area contributed by atoms with Crippen molar-refractivity contribution in [2.45, 2.75) is 40.6 Å². The average molecular weight is 453 g/mol. The zero-order valence-corrected chi connectivity index (χ0v) is 18.7. The summed E-state index contributed by atoms with van der Waals surface area (Å²) in [5.74, 6) is -1.04. The van der Waals surface area contributed by atoms with Gasteiger partial charge in [-0.2, -0.15) is 10.6 Å². The van der Waals surface area contributed by atoms with Crippen LogP contribution in [0.5, 0.6) is 0 Å². The maximum absolute atomic E-state index is 13.6. The molecule has 3 rings (SSSR count). The molecule has 2 unspecified atom stereocenters. The Hall–Kier alpha value is -1.91. The van der Waals surface area contributed by atoms with E-state index in [0.717, 1.165) is 13.1 Å². The minimum Gasteiger partial charge on any atom is -0.368 e. The number of hydrogen-bond acceptors (Lipinski definition) is 6. The smallest absolute Gasteiger partial charge is 0.241 e. The maximum atomic E-state index is 13.6. The van der Waals surface area contributed by atoms with Crippen molar-refractivity contribution in [3.8, 4) is 0 Å². The van der Waals surface area contributed by atoms with Gasteiger partial charge in [-0.15, -0.1) is 0 Å². The van der Waals surface area contributed by atoms with Crippen LogP contribution in [0.15, 0.2) is 58.3 Å². The molecule has 2 aromatic rings. The van der Waals surface area contributed by atoms with Gasteiger partial charge in [0, 0.05) is 6.54 Å². The molecule has 4 N–H and O–H groups in total. The number of primary amides is 1. The van der Waals surface area contributed by atoms with Crippen molar-refractivity contribution in [1.29, 1.82) is 0 Å². The third-order valence-corrected chi connectivity index (χ3v) is 10.2. The minimum absolute atomic E-state index is 0.0165. The van der Waals surface area contributed by atoms with Gasteiger partial charge in [-0.25, -0.2) is 8.42 Å². The first-order valence-electron chi connectivity index (χ1n) is 9.85.